The Morgan fingerprint density at radius 2 is 1.94 bits per heavy atom. The highest BCUT2D eigenvalue weighted by molar-refractivity contribution is 5.94. The molecule has 17 heavy (non-hydrogen) atoms. The van der Waals surface area contributed by atoms with Gasteiger partial charge in [0.2, 0.25) is 5.91 Å². The molecule has 0 radical (unpaired) electrons. The zero-order valence-electron chi connectivity index (χ0n) is 10.7. The highest BCUT2D eigenvalue weighted by Crippen LogP contribution is 2.11. The number of amides is 1. The van der Waals surface area contributed by atoms with Crippen LogP contribution in [0.1, 0.15) is 18.9 Å². The van der Waals surface area contributed by atoms with Gasteiger partial charge < -0.3 is 16.0 Å². The standard InChI is InChI=1S/C13H21N3O/c1-4-12(14)13(17)15-11-7-5-10(6-8-11)9-16(2)3/h5-8,12H,4,9,14H2,1-3H3,(H,15,17)/t12-/m1/s1. The fourth-order valence-corrected chi connectivity index (χ4v) is 1.48. The number of hydrogen-bond donors (Lipinski definition) is 2. The number of carbonyl (C=O) groups excluding carboxylic acids is 1. The minimum Gasteiger partial charge on any atom is -0.325 e. The van der Waals surface area contributed by atoms with Crippen molar-refractivity contribution in [3.05, 3.63) is 29.8 Å². The van der Waals surface area contributed by atoms with Gasteiger partial charge in [-0.3, -0.25) is 4.79 Å². The summed E-state index contributed by atoms with van der Waals surface area (Å²) >= 11 is 0. The Hall–Kier alpha value is -1.39. The molecule has 94 valence electrons. The van der Waals surface area contributed by atoms with Crippen LogP contribution in [0.5, 0.6) is 0 Å². The van der Waals surface area contributed by atoms with Crippen molar-refractivity contribution in [2.45, 2.75) is 25.9 Å². The summed E-state index contributed by atoms with van der Waals surface area (Å²) in [5.41, 5.74) is 7.65. The van der Waals surface area contributed by atoms with Gasteiger partial charge in [-0.05, 0) is 38.2 Å². The third kappa shape index (κ3) is 4.54. The Balaban J connectivity index is 2.59. The van der Waals surface area contributed by atoms with Gasteiger partial charge in [-0.2, -0.15) is 0 Å². The summed E-state index contributed by atoms with van der Waals surface area (Å²) < 4.78 is 0. The van der Waals surface area contributed by atoms with Crippen LogP contribution in [0.4, 0.5) is 5.69 Å². The van der Waals surface area contributed by atoms with E-state index in [1.54, 1.807) is 0 Å². The Bertz CT molecular complexity index is 359. The third-order valence-corrected chi connectivity index (χ3v) is 2.50. The molecule has 1 rings (SSSR count). The maximum atomic E-state index is 11.6. The molecule has 0 aromatic heterocycles. The lowest BCUT2D eigenvalue weighted by Crippen LogP contribution is -2.34. The molecular formula is C13H21N3O. The third-order valence-electron chi connectivity index (χ3n) is 2.50. The van der Waals surface area contributed by atoms with Crippen LogP contribution in [-0.2, 0) is 11.3 Å². The second-order valence-electron chi connectivity index (χ2n) is 4.44. The first-order valence-corrected chi connectivity index (χ1v) is 5.83. The topological polar surface area (TPSA) is 58.4 Å². The van der Waals surface area contributed by atoms with Crippen molar-refractivity contribution in [1.82, 2.24) is 4.90 Å². The van der Waals surface area contributed by atoms with E-state index >= 15 is 0 Å². The lowest BCUT2D eigenvalue weighted by atomic mass is 10.2. The van der Waals surface area contributed by atoms with Crippen molar-refractivity contribution in [1.29, 1.82) is 0 Å². The zero-order chi connectivity index (χ0) is 12.8. The molecule has 1 aromatic rings. The SMILES string of the molecule is CC[C@@H](N)C(=O)Nc1ccc(CN(C)C)cc1. The molecule has 0 aliphatic rings. The number of rotatable bonds is 5. The lowest BCUT2D eigenvalue weighted by molar-refractivity contribution is -0.117. The zero-order valence-corrected chi connectivity index (χ0v) is 10.7. The van der Waals surface area contributed by atoms with Crippen molar-refractivity contribution in [3.8, 4) is 0 Å². The van der Waals surface area contributed by atoms with Gasteiger partial charge in [0.25, 0.3) is 0 Å². The monoisotopic (exact) mass is 235 g/mol. The minimum absolute atomic E-state index is 0.132. The van der Waals surface area contributed by atoms with Gasteiger partial charge in [-0.25, -0.2) is 0 Å². The molecule has 0 saturated carbocycles. The van der Waals surface area contributed by atoms with Gasteiger partial charge in [0.15, 0.2) is 0 Å². The summed E-state index contributed by atoms with van der Waals surface area (Å²) in [5, 5.41) is 2.80. The summed E-state index contributed by atoms with van der Waals surface area (Å²) in [4.78, 5) is 13.7. The van der Waals surface area contributed by atoms with Crippen molar-refractivity contribution in [2.24, 2.45) is 5.73 Å². The first-order chi connectivity index (χ1) is 8.02. The van der Waals surface area contributed by atoms with E-state index in [1.807, 2.05) is 45.3 Å². The molecule has 0 saturated heterocycles. The molecule has 3 N–H and O–H groups in total. The largest absolute Gasteiger partial charge is 0.325 e. The predicted octanol–water partition coefficient (Wildman–Crippen LogP) is 1.42. The average molecular weight is 235 g/mol. The van der Waals surface area contributed by atoms with Crippen LogP contribution >= 0.6 is 0 Å². The summed E-state index contributed by atoms with van der Waals surface area (Å²) in [6, 6.07) is 7.38. The molecule has 0 heterocycles. The lowest BCUT2D eigenvalue weighted by Gasteiger charge is -2.12. The highest BCUT2D eigenvalue weighted by Gasteiger charge is 2.10. The van der Waals surface area contributed by atoms with Crippen molar-refractivity contribution in [3.63, 3.8) is 0 Å². The van der Waals surface area contributed by atoms with E-state index in [9.17, 15) is 4.79 Å². The molecule has 0 aliphatic heterocycles. The van der Waals surface area contributed by atoms with Crippen molar-refractivity contribution < 1.29 is 4.79 Å². The molecule has 1 aromatic carbocycles. The Morgan fingerprint density at radius 3 is 2.41 bits per heavy atom. The van der Waals surface area contributed by atoms with E-state index in [0.717, 1.165) is 12.2 Å². The van der Waals surface area contributed by atoms with Gasteiger partial charge >= 0.3 is 0 Å². The Kier molecular flexibility index (Phi) is 5.12. The molecule has 0 spiro atoms. The second kappa shape index (κ2) is 6.37. The van der Waals surface area contributed by atoms with E-state index < -0.39 is 6.04 Å². The van der Waals surface area contributed by atoms with E-state index in [0.29, 0.717) is 6.42 Å². The smallest absolute Gasteiger partial charge is 0.241 e. The quantitative estimate of drug-likeness (QED) is 0.811. The highest BCUT2D eigenvalue weighted by atomic mass is 16.2. The van der Waals surface area contributed by atoms with Crippen LogP contribution in [0, 0.1) is 0 Å². The van der Waals surface area contributed by atoms with E-state index in [2.05, 4.69) is 10.2 Å². The predicted molar refractivity (Wildman–Crippen MR) is 70.7 cm³/mol. The van der Waals surface area contributed by atoms with E-state index in [1.165, 1.54) is 5.56 Å². The average Bonchev–Trinajstić information content (AvgIpc) is 2.30. The first kappa shape index (κ1) is 13.7. The fraction of sp³-hybridized carbons (Fsp3) is 0.462. The normalized spacial score (nSPS) is 12.5. The minimum atomic E-state index is -0.434. The number of benzene rings is 1. The number of carbonyl (C=O) groups is 1. The number of nitrogens with two attached hydrogens (primary N) is 1. The molecule has 1 atom stereocenters. The number of nitrogens with one attached hydrogen (secondary N) is 1. The summed E-state index contributed by atoms with van der Waals surface area (Å²) in [6.45, 7) is 2.78. The van der Waals surface area contributed by atoms with Crippen LogP contribution in [0.2, 0.25) is 0 Å². The van der Waals surface area contributed by atoms with Crippen molar-refractivity contribution >= 4 is 11.6 Å². The van der Waals surface area contributed by atoms with Gasteiger partial charge in [0.1, 0.15) is 0 Å². The van der Waals surface area contributed by atoms with Crippen LogP contribution in [0.3, 0.4) is 0 Å². The summed E-state index contributed by atoms with van der Waals surface area (Å²) in [7, 11) is 4.05. The van der Waals surface area contributed by atoms with Gasteiger partial charge in [0, 0.05) is 12.2 Å². The maximum Gasteiger partial charge on any atom is 0.241 e. The summed E-state index contributed by atoms with van der Waals surface area (Å²) in [5.74, 6) is -0.132. The molecule has 4 heteroatoms. The maximum absolute atomic E-state index is 11.6. The number of hydrogen-bond acceptors (Lipinski definition) is 3. The number of anilines is 1. The fourth-order valence-electron chi connectivity index (χ4n) is 1.48. The van der Waals surface area contributed by atoms with Crippen LogP contribution < -0.4 is 11.1 Å². The summed E-state index contributed by atoms with van der Waals surface area (Å²) in [6.07, 6.45) is 0.643. The van der Waals surface area contributed by atoms with E-state index in [4.69, 9.17) is 5.73 Å². The van der Waals surface area contributed by atoms with Crippen LogP contribution in [0.25, 0.3) is 0 Å². The van der Waals surface area contributed by atoms with Crippen LogP contribution in [0.15, 0.2) is 24.3 Å². The molecule has 1 amide bonds. The molecule has 4 nitrogen and oxygen atoms in total. The van der Waals surface area contributed by atoms with Crippen molar-refractivity contribution in [2.75, 3.05) is 19.4 Å². The Labute approximate surface area is 103 Å². The molecule has 0 fully saturated rings. The molecular weight excluding hydrogens is 214 g/mol. The Morgan fingerprint density at radius 1 is 1.35 bits per heavy atom. The second-order valence-corrected chi connectivity index (χ2v) is 4.44. The van der Waals surface area contributed by atoms with Gasteiger partial charge in [-0.1, -0.05) is 19.1 Å². The van der Waals surface area contributed by atoms with E-state index in [-0.39, 0.29) is 5.91 Å². The van der Waals surface area contributed by atoms with Gasteiger partial charge in [0.05, 0.1) is 6.04 Å². The van der Waals surface area contributed by atoms with Gasteiger partial charge in [-0.15, -0.1) is 0 Å². The molecule has 0 unspecified atom stereocenters. The molecule has 0 aliphatic carbocycles. The first-order valence-electron chi connectivity index (χ1n) is 5.83. The number of nitrogens with zero attached hydrogens (tertiary/aromatic N) is 1. The molecule has 0 bridgehead atoms. The van der Waals surface area contributed by atoms with Crippen LogP contribution in [-0.4, -0.2) is 30.9 Å².